The molecule has 2 N–H and O–H groups in total. The van der Waals surface area contributed by atoms with E-state index in [0.29, 0.717) is 11.4 Å². The Morgan fingerprint density at radius 3 is 2.78 bits per heavy atom. The first kappa shape index (κ1) is 16.5. The minimum absolute atomic E-state index is 0.0685. The Hall–Kier alpha value is -1.39. The molecule has 1 aliphatic rings. The van der Waals surface area contributed by atoms with E-state index in [1.165, 1.54) is 11.1 Å². The Morgan fingerprint density at radius 2 is 2.00 bits per heavy atom. The Labute approximate surface area is 142 Å². The van der Waals surface area contributed by atoms with E-state index in [1.807, 2.05) is 18.2 Å². The van der Waals surface area contributed by atoms with Crippen LogP contribution in [0.15, 0.2) is 42.5 Å². The summed E-state index contributed by atoms with van der Waals surface area (Å²) in [4.78, 5) is 2.10. The summed E-state index contributed by atoms with van der Waals surface area (Å²) in [5.41, 5.74) is 4.24. The normalized spacial score (nSPS) is 19.4. The highest BCUT2D eigenvalue weighted by Gasteiger charge is 2.29. The third-order valence-electron chi connectivity index (χ3n) is 4.80. The molecule has 0 amide bonds. The molecule has 0 radical (unpaired) electrons. The van der Waals surface area contributed by atoms with Crippen molar-refractivity contribution in [3.8, 4) is 0 Å². The first-order valence-corrected chi connectivity index (χ1v) is 8.38. The summed E-state index contributed by atoms with van der Waals surface area (Å²) in [6.07, 6.45) is 0.734. The van der Waals surface area contributed by atoms with Crippen LogP contribution in [0.5, 0.6) is 0 Å². The van der Waals surface area contributed by atoms with Gasteiger partial charge in [0, 0.05) is 24.0 Å². The lowest BCUT2D eigenvalue weighted by molar-refractivity contribution is -0.0252. The molecule has 0 bridgehead atoms. The van der Waals surface area contributed by atoms with Gasteiger partial charge in [0.05, 0.1) is 6.61 Å². The maximum Gasteiger partial charge on any atom is 0.112 e. The van der Waals surface area contributed by atoms with E-state index in [-0.39, 0.29) is 12.6 Å². The molecule has 2 aromatic rings. The summed E-state index contributed by atoms with van der Waals surface area (Å²) in [7, 11) is 0. The molecule has 4 heteroatoms. The van der Waals surface area contributed by atoms with Crippen LogP contribution < -0.4 is 0 Å². The molecule has 1 heterocycles. The fraction of sp³-hybridized carbons (Fsp3) is 0.368. The van der Waals surface area contributed by atoms with Crippen LogP contribution in [0.25, 0.3) is 0 Å². The molecular weight excluding hydrogens is 310 g/mol. The molecule has 2 atom stereocenters. The van der Waals surface area contributed by atoms with Gasteiger partial charge in [-0.15, -0.1) is 0 Å². The number of hydrogen-bond acceptors (Lipinski definition) is 3. The Balaban J connectivity index is 1.81. The number of nitrogens with zero attached hydrogens (tertiary/aromatic N) is 1. The fourth-order valence-corrected chi connectivity index (χ4v) is 3.75. The number of benzene rings is 2. The average Bonchev–Trinajstić information content (AvgIpc) is 2.57. The quantitative estimate of drug-likeness (QED) is 0.903. The minimum atomic E-state index is -0.622. The van der Waals surface area contributed by atoms with Gasteiger partial charge >= 0.3 is 0 Å². The smallest absolute Gasteiger partial charge is 0.112 e. The van der Waals surface area contributed by atoms with Crippen molar-refractivity contribution in [2.75, 3.05) is 6.54 Å². The van der Waals surface area contributed by atoms with Gasteiger partial charge in [-0.25, -0.2) is 0 Å². The van der Waals surface area contributed by atoms with E-state index in [0.717, 1.165) is 24.1 Å². The molecule has 1 unspecified atom stereocenters. The maximum absolute atomic E-state index is 10.8. The predicted octanol–water partition coefficient (Wildman–Crippen LogP) is 3.31. The SMILES string of the molecule is C[C@H]1c2ccccc2CCN1C(O)Cc1c(Cl)cccc1CO. The van der Waals surface area contributed by atoms with E-state index in [9.17, 15) is 10.2 Å². The first-order chi connectivity index (χ1) is 11.1. The molecule has 0 saturated heterocycles. The van der Waals surface area contributed by atoms with Crippen LogP contribution in [0.2, 0.25) is 5.02 Å². The number of aliphatic hydroxyl groups is 2. The summed E-state index contributed by atoms with van der Waals surface area (Å²) < 4.78 is 0. The highest BCUT2D eigenvalue weighted by atomic mass is 35.5. The molecule has 122 valence electrons. The summed E-state index contributed by atoms with van der Waals surface area (Å²) in [5.74, 6) is 0. The second-order valence-electron chi connectivity index (χ2n) is 6.08. The summed E-state index contributed by atoms with van der Waals surface area (Å²) >= 11 is 6.27. The van der Waals surface area contributed by atoms with Gasteiger partial charge in [-0.3, -0.25) is 4.90 Å². The van der Waals surface area contributed by atoms with E-state index >= 15 is 0 Å². The van der Waals surface area contributed by atoms with Gasteiger partial charge in [0.1, 0.15) is 6.23 Å². The lowest BCUT2D eigenvalue weighted by Gasteiger charge is -2.38. The van der Waals surface area contributed by atoms with Crippen LogP contribution in [0, 0.1) is 0 Å². The van der Waals surface area contributed by atoms with E-state index < -0.39 is 6.23 Å². The number of fused-ring (bicyclic) bond motifs is 1. The molecule has 0 fully saturated rings. The second kappa shape index (κ2) is 7.02. The topological polar surface area (TPSA) is 43.7 Å². The zero-order chi connectivity index (χ0) is 16.4. The van der Waals surface area contributed by atoms with Crippen molar-refractivity contribution < 1.29 is 10.2 Å². The van der Waals surface area contributed by atoms with Gasteiger partial charge in [0.15, 0.2) is 0 Å². The van der Waals surface area contributed by atoms with Crippen molar-refractivity contribution in [2.45, 2.75) is 38.6 Å². The molecule has 3 rings (SSSR count). The molecule has 2 aromatic carbocycles. The molecule has 0 aliphatic carbocycles. The van der Waals surface area contributed by atoms with Crippen LogP contribution in [-0.4, -0.2) is 27.9 Å². The Bertz CT molecular complexity index is 689. The molecule has 3 nitrogen and oxygen atoms in total. The van der Waals surface area contributed by atoms with Crippen LogP contribution in [0.3, 0.4) is 0 Å². The minimum Gasteiger partial charge on any atom is -0.392 e. The first-order valence-electron chi connectivity index (χ1n) is 8.00. The van der Waals surface area contributed by atoms with Gasteiger partial charge in [-0.2, -0.15) is 0 Å². The number of aliphatic hydroxyl groups excluding tert-OH is 2. The van der Waals surface area contributed by atoms with Crippen LogP contribution in [-0.2, 0) is 19.4 Å². The zero-order valence-corrected chi connectivity index (χ0v) is 14.0. The van der Waals surface area contributed by atoms with Gasteiger partial charge in [-0.1, -0.05) is 48.0 Å². The summed E-state index contributed by atoms with van der Waals surface area (Å²) in [6.45, 7) is 2.88. The molecule has 0 aromatic heterocycles. The third kappa shape index (κ3) is 3.29. The van der Waals surface area contributed by atoms with Crippen LogP contribution >= 0.6 is 11.6 Å². The lowest BCUT2D eigenvalue weighted by Crippen LogP contribution is -2.43. The van der Waals surface area contributed by atoms with Crippen LogP contribution in [0.1, 0.15) is 35.2 Å². The Morgan fingerprint density at radius 1 is 1.22 bits per heavy atom. The van der Waals surface area contributed by atoms with Crippen LogP contribution in [0.4, 0.5) is 0 Å². The molecule has 0 spiro atoms. The predicted molar refractivity (Wildman–Crippen MR) is 92.4 cm³/mol. The van der Waals surface area contributed by atoms with E-state index in [2.05, 4.69) is 30.0 Å². The maximum atomic E-state index is 10.8. The third-order valence-corrected chi connectivity index (χ3v) is 5.15. The molecular formula is C19H22ClNO2. The zero-order valence-electron chi connectivity index (χ0n) is 13.2. The van der Waals surface area contributed by atoms with Crippen molar-refractivity contribution in [1.82, 2.24) is 4.90 Å². The summed E-state index contributed by atoms with van der Waals surface area (Å²) in [5, 5.41) is 20.8. The van der Waals surface area contributed by atoms with E-state index in [4.69, 9.17) is 11.6 Å². The lowest BCUT2D eigenvalue weighted by atomic mass is 9.92. The van der Waals surface area contributed by atoms with E-state index in [1.54, 1.807) is 6.07 Å². The average molecular weight is 332 g/mol. The van der Waals surface area contributed by atoms with Crippen molar-refractivity contribution >= 4 is 11.6 Å². The van der Waals surface area contributed by atoms with Gasteiger partial charge < -0.3 is 10.2 Å². The summed E-state index contributed by atoms with van der Waals surface area (Å²) in [6, 6.07) is 14.0. The molecule has 23 heavy (non-hydrogen) atoms. The monoisotopic (exact) mass is 331 g/mol. The van der Waals surface area contributed by atoms with Gasteiger partial charge in [0.25, 0.3) is 0 Å². The largest absolute Gasteiger partial charge is 0.392 e. The van der Waals surface area contributed by atoms with Crippen molar-refractivity contribution in [3.63, 3.8) is 0 Å². The number of hydrogen-bond donors (Lipinski definition) is 2. The van der Waals surface area contributed by atoms with Crippen molar-refractivity contribution in [3.05, 3.63) is 69.7 Å². The highest BCUT2D eigenvalue weighted by Crippen LogP contribution is 2.32. The second-order valence-corrected chi connectivity index (χ2v) is 6.49. The molecule has 0 saturated carbocycles. The molecule has 1 aliphatic heterocycles. The fourth-order valence-electron chi connectivity index (χ4n) is 3.48. The number of halogens is 1. The highest BCUT2D eigenvalue weighted by molar-refractivity contribution is 6.31. The van der Waals surface area contributed by atoms with Gasteiger partial charge in [-0.05, 0) is 41.7 Å². The van der Waals surface area contributed by atoms with Crippen molar-refractivity contribution in [1.29, 1.82) is 0 Å². The number of rotatable bonds is 4. The Kier molecular flexibility index (Phi) is 5.02. The standard InChI is InChI=1S/C19H22ClNO2/c1-13-16-7-3-2-5-14(16)9-10-21(13)19(23)11-17-15(12-22)6-4-8-18(17)20/h2-8,13,19,22-23H,9-12H2,1H3/t13-,19?/m0/s1. The van der Waals surface area contributed by atoms with Gasteiger partial charge in [0.2, 0.25) is 0 Å². The van der Waals surface area contributed by atoms with Crippen molar-refractivity contribution in [2.24, 2.45) is 0 Å².